The number of hydrogen-bond acceptors (Lipinski definition) is 7. The molecule has 0 amide bonds. The maximum atomic E-state index is 6.44. The molecule has 2 aliphatic heterocycles. The third-order valence-electron chi connectivity index (χ3n) is 7.04. The zero-order valence-electron chi connectivity index (χ0n) is 18.8. The van der Waals surface area contributed by atoms with Gasteiger partial charge in [0.1, 0.15) is 30.1 Å². The largest absolute Gasteiger partial charge is 0.372 e. The molecule has 5 atom stereocenters. The lowest BCUT2D eigenvalue weighted by Gasteiger charge is -2.24. The summed E-state index contributed by atoms with van der Waals surface area (Å²) in [5.74, 6) is 0.396. The monoisotopic (exact) mass is 438 g/mol. The molecule has 3 aromatic rings. The second kappa shape index (κ2) is 7.54. The third-order valence-corrected chi connectivity index (χ3v) is 7.04. The van der Waals surface area contributed by atoms with E-state index in [4.69, 9.17) is 14.2 Å². The molecule has 5 heterocycles. The first-order chi connectivity index (χ1) is 15.5. The van der Waals surface area contributed by atoms with Crippen LogP contribution in [0, 0.1) is 0 Å². The fourth-order valence-electron chi connectivity index (χ4n) is 5.62. The summed E-state index contributed by atoms with van der Waals surface area (Å²) in [7, 11) is 1.88. The van der Waals surface area contributed by atoms with Crippen LogP contribution in [0.4, 0.5) is 5.82 Å². The van der Waals surface area contributed by atoms with Gasteiger partial charge in [0.05, 0.1) is 23.7 Å². The predicted molar refractivity (Wildman–Crippen MR) is 118 cm³/mol. The highest BCUT2D eigenvalue weighted by Crippen LogP contribution is 2.51. The van der Waals surface area contributed by atoms with Gasteiger partial charge in [-0.1, -0.05) is 0 Å². The van der Waals surface area contributed by atoms with Crippen LogP contribution < -0.4 is 5.32 Å². The van der Waals surface area contributed by atoms with Gasteiger partial charge in [0, 0.05) is 32.0 Å². The third kappa shape index (κ3) is 3.22. The molecule has 3 fully saturated rings. The lowest BCUT2D eigenvalue weighted by atomic mass is 9.98. The summed E-state index contributed by atoms with van der Waals surface area (Å²) in [5.41, 5.74) is 2.09. The molecule has 170 valence electrons. The van der Waals surface area contributed by atoms with Crippen molar-refractivity contribution >= 4 is 16.9 Å². The van der Waals surface area contributed by atoms with Gasteiger partial charge in [0.25, 0.3) is 0 Å². The quantitative estimate of drug-likeness (QED) is 0.666. The molecule has 9 nitrogen and oxygen atoms in total. The van der Waals surface area contributed by atoms with E-state index in [9.17, 15) is 0 Å². The van der Waals surface area contributed by atoms with E-state index >= 15 is 0 Å². The van der Waals surface area contributed by atoms with Crippen molar-refractivity contribution in [1.82, 2.24) is 24.3 Å². The number of fused-ring (bicyclic) bond motifs is 2. The molecule has 9 heteroatoms. The molecule has 2 saturated heterocycles. The Morgan fingerprint density at radius 3 is 2.84 bits per heavy atom. The van der Waals surface area contributed by atoms with Gasteiger partial charge in [-0.15, -0.1) is 0 Å². The second-order valence-corrected chi connectivity index (χ2v) is 9.48. The molecule has 32 heavy (non-hydrogen) atoms. The molecular weight excluding hydrogens is 408 g/mol. The lowest BCUT2D eigenvalue weighted by Crippen LogP contribution is -2.27. The highest BCUT2D eigenvalue weighted by Gasteiger charge is 2.55. The molecule has 0 radical (unpaired) electrons. The van der Waals surface area contributed by atoms with Crippen LogP contribution >= 0.6 is 0 Å². The van der Waals surface area contributed by atoms with Crippen molar-refractivity contribution in [3.05, 3.63) is 36.5 Å². The van der Waals surface area contributed by atoms with E-state index in [2.05, 4.69) is 43.4 Å². The van der Waals surface area contributed by atoms with Gasteiger partial charge in [-0.25, -0.2) is 14.6 Å². The number of nitrogens with one attached hydrogen (secondary N) is 1. The van der Waals surface area contributed by atoms with Crippen LogP contribution in [0.1, 0.15) is 63.3 Å². The highest BCUT2D eigenvalue weighted by atomic mass is 16.8. The van der Waals surface area contributed by atoms with Crippen LogP contribution in [0.15, 0.2) is 31.0 Å². The zero-order valence-corrected chi connectivity index (χ0v) is 18.8. The Balaban J connectivity index is 1.35. The Bertz CT molecular complexity index is 1120. The molecule has 6 rings (SSSR count). The SMILES string of the molecule is CNc1ncnc2c1ccn2[C@@H]1C[C@H](c2cnn(C3CCCCO3)c2)[C@H]2OC(C)(C)O[C@H]21. The molecule has 0 aromatic carbocycles. The van der Waals surface area contributed by atoms with E-state index in [0.29, 0.717) is 0 Å². The summed E-state index contributed by atoms with van der Waals surface area (Å²) in [6.07, 6.45) is 12.0. The van der Waals surface area contributed by atoms with E-state index in [1.807, 2.05) is 31.8 Å². The standard InChI is InChI=1S/C23H30N6O3/c1-23(2)31-19-16(14-11-27-29(12-14)18-6-4-5-9-30-18)10-17(20(19)32-23)28-8-7-15-21(24-3)25-13-26-22(15)28/h7-8,11-13,16-20H,4-6,9-10H2,1-3H3,(H,24,25,26)/t16-,17-,18?,19-,20+/m1/s1. The minimum absolute atomic E-state index is 0.0349. The summed E-state index contributed by atoms with van der Waals surface area (Å²) >= 11 is 0. The first-order valence-corrected chi connectivity index (χ1v) is 11.5. The maximum Gasteiger partial charge on any atom is 0.163 e. The van der Waals surface area contributed by atoms with Crippen molar-refractivity contribution in [2.45, 2.75) is 75.7 Å². The molecule has 1 aliphatic carbocycles. The number of rotatable bonds is 4. The lowest BCUT2D eigenvalue weighted by molar-refractivity contribution is -0.157. The Morgan fingerprint density at radius 2 is 2.03 bits per heavy atom. The van der Waals surface area contributed by atoms with Gasteiger partial charge in [-0.05, 0) is 51.2 Å². The summed E-state index contributed by atoms with van der Waals surface area (Å²) < 4.78 is 23.0. The zero-order chi connectivity index (χ0) is 21.9. The minimum Gasteiger partial charge on any atom is -0.372 e. The Labute approximate surface area is 187 Å². The molecular formula is C23H30N6O3. The topological polar surface area (TPSA) is 88.3 Å². The predicted octanol–water partition coefficient (Wildman–Crippen LogP) is 3.62. The smallest absolute Gasteiger partial charge is 0.163 e. The van der Waals surface area contributed by atoms with E-state index in [1.54, 1.807) is 6.33 Å². The number of hydrogen-bond donors (Lipinski definition) is 1. The van der Waals surface area contributed by atoms with Crippen molar-refractivity contribution in [3.63, 3.8) is 0 Å². The molecule has 1 saturated carbocycles. The van der Waals surface area contributed by atoms with Crippen LogP contribution in [0.5, 0.6) is 0 Å². The normalized spacial score (nSPS) is 31.8. The second-order valence-electron chi connectivity index (χ2n) is 9.48. The summed E-state index contributed by atoms with van der Waals surface area (Å²) in [4.78, 5) is 8.94. The van der Waals surface area contributed by atoms with Crippen molar-refractivity contribution in [3.8, 4) is 0 Å². The fraction of sp³-hybridized carbons (Fsp3) is 0.609. The van der Waals surface area contributed by atoms with Crippen LogP contribution in [0.25, 0.3) is 11.0 Å². The molecule has 0 spiro atoms. The first-order valence-electron chi connectivity index (χ1n) is 11.5. The van der Waals surface area contributed by atoms with Crippen molar-refractivity contribution in [1.29, 1.82) is 0 Å². The molecule has 0 bridgehead atoms. The van der Waals surface area contributed by atoms with Crippen LogP contribution in [0.3, 0.4) is 0 Å². The summed E-state index contributed by atoms with van der Waals surface area (Å²) in [5, 5.41) is 8.82. The summed E-state index contributed by atoms with van der Waals surface area (Å²) in [6, 6.07) is 2.18. The van der Waals surface area contributed by atoms with Gasteiger partial charge < -0.3 is 24.1 Å². The van der Waals surface area contributed by atoms with Crippen LogP contribution in [-0.2, 0) is 14.2 Å². The first kappa shape index (κ1) is 20.1. The Morgan fingerprint density at radius 1 is 1.16 bits per heavy atom. The Kier molecular flexibility index (Phi) is 4.74. The van der Waals surface area contributed by atoms with Crippen LogP contribution in [0.2, 0.25) is 0 Å². The van der Waals surface area contributed by atoms with E-state index in [-0.39, 0.29) is 30.4 Å². The molecule has 3 aromatic heterocycles. The van der Waals surface area contributed by atoms with Crippen molar-refractivity contribution < 1.29 is 14.2 Å². The van der Waals surface area contributed by atoms with E-state index < -0.39 is 5.79 Å². The van der Waals surface area contributed by atoms with E-state index in [0.717, 1.165) is 42.7 Å². The summed E-state index contributed by atoms with van der Waals surface area (Å²) in [6.45, 7) is 4.79. The van der Waals surface area contributed by atoms with Gasteiger partial charge in [-0.3, -0.25) is 0 Å². The van der Waals surface area contributed by atoms with E-state index in [1.165, 1.54) is 12.0 Å². The molecule has 1 unspecified atom stereocenters. The van der Waals surface area contributed by atoms with Crippen LogP contribution in [-0.4, -0.2) is 56.0 Å². The highest BCUT2D eigenvalue weighted by molar-refractivity contribution is 5.87. The van der Waals surface area contributed by atoms with Gasteiger partial charge in [-0.2, -0.15) is 5.10 Å². The molecule has 3 aliphatic rings. The number of anilines is 1. The average Bonchev–Trinajstić information content (AvgIpc) is 3.56. The van der Waals surface area contributed by atoms with Gasteiger partial charge in [0.15, 0.2) is 5.79 Å². The average molecular weight is 439 g/mol. The van der Waals surface area contributed by atoms with Crippen molar-refractivity contribution in [2.75, 3.05) is 19.0 Å². The van der Waals surface area contributed by atoms with Gasteiger partial charge in [0.2, 0.25) is 0 Å². The fourth-order valence-corrected chi connectivity index (χ4v) is 5.62. The minimum atomic E-state index is -0.622. The van der Waals surface area contributed by atoms with Crippen molar-refractivity contribution in [2.24, 2.45) is 0 Å². The number of ether oxygens (including phenoxy) is 3. The Hall–Kier alpha value is -2.49. The van der Waals surface area contributed by atoms with Gasteiger partial charge >= 0.3 is 0 Å². The maximum absolute atomic E-state index is 6.44. The molecule has 1 N–H and O–H groups in total. The number of aromatic nitrogens is 5. The number of nitrogens with zero attached hydrogens (tertiary/aromatic N) is 5.